The molecule has 0 aliphatic heterocycles. The Bertz CT molecular complexity index is 1080. The first-order valence-corrected chi connectivity index (χ1v) is 11.1. The number of carbonyl (C=O) groups is 2. The highest BCUT2D eigenvalue weighted by Crippen LogP contribution is 2.44. The third-order valence-electron chi connectivity index (χ3n) is 6.44. The molecule has 6 nitrogen and oxygen atoms in total. The Morgan fingerprint density at radius 3 is 2.55 bits per heavy atom. The van der Waals surface area contributed by atoms with Crippen molar-refractivity contribution in [2.45, 2.75) is 63.7 Å². The molecule has 0 bridgehead atoms. The lowest BCUT2D eigenvalue weighted by Gasteiger charge is -2.26. The molecule has 2 aromatic rings. The highest BCUT2D eigenvalue weighted by molar-refractivity contribution is 5.94. The fraction of sp³-hybridized carbons (Fsp3) is 0.440. The van der Waals surface area contributed by atoms with Crippen molar-refractivity contribution in [3.63, 3.8) is 0 Å². The van der Waals surface area contributed by atoms with Crippen LogP contribution in [0.1, 0.15) is 85.5 Å². The van der Waals surface area contributed by atoms with Crippen LogP contribution in [-0.4, -0.2) is 33.6 Å². The van der Waals surface area contributed by atoms with Gasteiger partial charge in [0, 0.05) is 24.1 Å². The Balaban J connectivity index is 2.00. The summed E-state index contributed by atoms with van der Waals surface area (Å²) in [5.74, 6) is 0.452. The maximum Gasteiger partial charge on any atom is 0.356 e. The summed E-state index contributed by atoms with van der Waals surface area (Å²) in [6, 6.07) is 1.87. The minimum Gasteiger partial charge on any atom is -0.464 e. The van der Waals surface area contributed by atoms with Gasteiger partial charge in [-0.2, -0.15) is 5.10 Å². The molecule has 4 rings (SSSR count). The summed E-state index contributed by atoms with van der Waals surface area (Å²) in [6.45, 7) is 5.79. The van der Waals surface area contributed by atoms with E-state index in [1.807, 2.05) is 35.9 Å². The number of pyridine rings is 1. The van der Waals surface area contributed by atoms with E-state index in [4.69, 9.17) is 14.8 Å². The molecule has 0 amide bonds. The van der Waals surface area contributed by atoms with Crippen LogP contribution in [0.25, 0.3) is 16.7 Å². The Kier molecular flexibility index (Phi) is 6.16. The summed E-state index contributed by atoms with van der Waals surface area (Å²) in [4.78, 5) is 29.1. The molecule has 6 heteroatoms. The summed E-state index contributed by atoms with van der Waals surface area (Å²) < 4.78 is 6.82. The van der Waals surface area contributed by atoms with E-state index in [0.717, 1.165) is 48.0 Å². The van der Waals surface area contributed by atoms with Gasteiger partial charge >= 0.3 is 5.97 Å². The largest absolute Gasteiger partial charge is 0.464 e. The van der Waals surface area contributed by atoms with Gasteiger partial charge in [-0.1, -0.05) is 25.2 Å². The number of hydrogen-bond acceptors (Lipinski definition) is 5. The number of fused-ring (bicyclic) bond motifs is 1. The minimum atomic E-state index is -0.465. The van der Waals surface area contributed by atoms with Crippen molar-refractivity contribution in [3.8, 4) is 0 Å². The molecule has 0 aromatic carbocycles. The van der Waals surface area contributed by atoms with E-state index in [0.29, 0.717) is 30.2 Å². The molecule has 2 aromatic heterocycles. The third-order valence-corrected chi connectivity index (χ3v) is 6.44. The van der Waals surface area contributed by atoms with Gasteiger partial charge in [0.2, 0.25) is 0 Å². The Hall–Kier alpha value is -3.02. The first kappa shape index (κ1) is 21.2. The zero-order chi connectivity index (χ0) is 22.0. The van der Waals surface area contributed by atoms with E-state index in [1.54, 1.807) is 6.08 Å². The lowest BCUT2D eigenvalue weighted by atomic mass is 9.78. The average molecular weight is 420 g/mol. The minimum absolute atomic E-state index is 0.205. The third kappa shape index (κ3) is 3.99. The molecule has 2 aliphatic carbocycles. The molecule has 2 aliphatic rings. The fourth-order valence-electron chi connectivity index (χ4n) is 4.59. The number of carbonyl (C=O) groups excluding carboxylic acids is 2. The number of hydrogen-bond donors (Lipinski definition) is 0. The van der Waals surface area contributed by atoms with Crippen LogP contribution in [0.4, 0.5) is 0 Å². The van der Waals surface area contributed by atoms with Gasteiger partial charge < -0.3 is 4.74 Å². The normalized spacial score (nSPS) is 18.5. The van der Waals surface area contributed by atoms with Gasteiger partial charge in [-0.3, -0.25) is 4.79 Å². The second kappa shape index (κ2) is 9.00. The first-order chi connectivity index (χ1) is 15.1. The summed E-state index contributed by atoms with van der Waals surface area (Å²) in [6.07, 6.45) is 13.7. The maximum atomic E-state index is 12.5. The van der Waals surface area contributed by atoms with Gasteiger partial charge in [-0.25, -0.2) is 14.5 Å². The van der Waals surface area contributed by atoms with Gasteiger partial charge in [0.25, 0.3) is 0 Å². The number of allylic oxidation sites excluding steroid dienone is 5. The number of aromatic nitrogens is 3. The van der Waals surface area contributed by atoms with Crippen molar-refractivity contribution in [2.24, 2.45) is 0 Å². The van der Waals surface area contributed by atoms with Crippen LogP contribution >= 0.6 is 0 Å². The SMILES string of the molecule is C=CC=C(C=CC)n1nc(C2CCC2)c2c(C3CCC(=O)CC3)cc(C(=O)OC)nc21. The van der Waals surface area contributed by atoms with Crippen molar-refractivity contribution in [1.82, 2.24) is 14.8 Å². The van der Waals surface area contributed by atoms with E-state index < -0.39 is 5.97 Å². The van der Waals surface area contributed by atoms with E-state index >= 15 is 0 Å². The van der Waals surface area contributed by atoms with Crippen LogP contribution in [-0.2, 0) is 9.53 Å². The number of Topliss-reactive ketones (excluding diaryl/α,β-unsaturated/α-hetero) is 1. The van der Waals surface area contributed by atoms with Gasteiger partial charge in [-0.05, 0) is 62.3 Å². The predicted molar refractivity (Wildman–Crippen MR) is 121 cm³/mol. The smallest absolute Gasteiger partial charge is 0.356 e. The van der Waals surface area contributed by atoms with Crippen LogP contribution in [0.2, 0.25) is 0 Å². The first-order valence-electron chi connectivity index (χ1n) is 11.1. The highest BCUT2D eigenvalue weighted by Gasteiger charge is 2.32. The van der Waals surface area contributed by atoms with E-state index in [-0.39, 0.29) is 11.6 Å². The Morgan fingerprint density at radius 2 is 1.97 bits per heavy atom. The maximum absolute atomic E-state index is 12.5. The molecule has 0 spiro atoms. The molecule has 0 unspecified atom stereocenters. The summed E-state index contributed by atoms with van der Waals surface area (Å²) in [5, 5.41) is 6.05. The predicted octanol–water partition coefficient (Wildman–Crippen LogP) is 5.32. The highest BCUT2D eigenvalue weighted by atomic mass is 16.5. The van der Waals surface area contributed by atoms with E-state index in [2.05, 4.69) is 6.58 Å². The second-order valence-corrected chi connectivity index (χ2v) is 8.35. The number of nitrogens with zero attached hydrogens (tertiary/aromatic N) is 3. The van der Waals surface area contributed by atoms with Crippen LogP contribution in [0.5, 0.6) is 0 Å². The van der Waals surface area contributed by atoms with E-state index in [9.17, 15) is 9.59 Å². The summed E-state index contributed by atoms with van der Waals surface area (Å²) in [5.41, 5.74) is 3.91. The quantitative estimate of drug-likeness (QED) is 0.468. The number of esters is 1. The molecule has 2 fully saturated rings. The number of rotatable bonds is 6. The second-order valence-electron chi connectivity index (χ2n) is 8.35. The number of ether oxygens (including phenoxy) is 1. The summed E-state index contributed by atoms with van der Waals surface area (Å²) in [7, 11) is 1.37. The van der Waals surface area contributed by atoms with Crippen molar-refractivity contribution in [2.75, 3.05) is 7.11 Å². The monoisotopic (exact) mass is 419 g/mol. The molecule has 0 radical (unpaired) electrons. The van der Waals surface area contributed by atoms with Crippen LogP contribution in [0, 0.1) is 0 Å². The molecular weight excluding hydrogens is 390 g/mol. The molecule has 0 atom stereocenters. The summed E-state index contributed by atoms with van der Waals surface area (Å²) >= 11 is 0. The number of ketones is 1. The zero-order valence-electron chi connectivity index (χ0n) is 18.3. The molecule has 162 valence electrons. The zero-order valence-corrected chi connectivity index (χ0v) is 18.3. The van der Waals surface area contributed by atoms with Crippen molar-refractivity contribution >= 4 is 28.5 Å². The van der Waals surface area contributed by atoms with Crippen molar-refractivity contribution in [3.05, 3.63) is 53.9 Å². The van der Waals surface area contributed by atoms with Crippen molar-refractivity contribution < 1.29 is 14.3 Å². The van der Waals surface area contributed by atoms with Crippen LogP contribution in [0.15, 0.2) is 36.9 Å². The Labute approximate surface area is 182 Å². The van der Waals surface area contributed by atoms with Gasteiger partial charge in [0.05, 0.1) is 18.5 Å². The van der Waals surface area contributed by atoms with Gasteiger partial charge in [-0.15, -0.1) is 0 Å². The average Bonchev–Trinajstić information content (AvgIpc) is 3.10. The van der Waals surface area contributed by atoms with E-state index in [1.165, 1.54) is 13.5 Å². The Morgan fingerprint density at radius 1 is 1.23 bits per heavy atom. The standard InChI is InChI=1S/C25H29N3O3/c1-4-7-18(8-5-2)28-24-22(23(27-28)17-9-6-10-17)20(15-21(26-24)25(30)31-3)16-11-13-19(29)14-12-16/h4-5,7-8,15-17H,1,6,9-14H2,2-3H3. The molecule has 2 saturated carbocycles. The van der Waals surface area contributed by atoms with Gasteiger partial charge in [0.15, 0.2) is 11.3 Å². The van der Waals surface area contributed by atoms with Crippen LogP contribution in [0.3, 0.4) is 0 Å². The molecule has 2 heterocycles. The lowest BCUT2D eigenvalue weighted by Crippen LogP contribution is -2.15. The lowest BCUT2D eigenvalue weighted by molar-refractivity contribution is -0.120. The number of methoxy groups -OCH3 is 1. The molecular formula is C25H29N3O3. The fourth-order valence-corrected chi connectivity index (χ4v) is 4.59. The molecule has 0 N–H and O–H groups in total. The molecule has 31 heavy (non-hydrogen) atoms. The van der Waals surface area contributed by atoms with Crippen molar-refractivity contribution in [1.29, 1.82) is 0 Å². The van der Waals surface area contributed by atoms with Gasteiger partial charge in [0.1, 0.15) is 5.78 Å². The topological polar surface area (TPSA) is 74.1 Å². The molecule has 0 saturated heterocycles. The van der Waals surface area contributed by atoms with Crippen LogP contribution < -0.4 is 0 Å².